The summed E-state index contributed by atoms with van der Waals surface area (Å²) < 4.78 is 0. The third-order valence-electron chi connectivity index (χ3n) is 1.67. The van der Waals surface area contributed by atoms with Gasteiger partial charge < -0.3 is 0 Å². The second-order valence-electron chi connectivity index (χ2n) is 2.89. The van der Waals surface area contributed by atoms with Crippen molar-refractivity contribution in [3.63, 3.8) is 0 Å². The number of hydrogen-bond donors (Lipinski definition) is 0. The Kier molecular flexibility index (Phi) is 11.7. The summed E-state index contributed by atoms with van der Waals surface area (Å²) in [6.45, 7) is 0. The molecule has 0 aromatic heterocycles. The number of rotatable bonds is 0. The first kappa shape index (κ1) is 15.2. The van der Waals surface area contributed by atoms with Crippen molar-refractivity contribution < 1.29 is 35.6 Å². The van der Waals surface area contributed by atoms with E-state index in [-0.39, 0.29) is 35.6 Å². The van der Waals surface area contributed by atoms with Crippen molar-refractivity contribution in [2.75, 3.05) is 0 Å². The third kappa shape index (κ3) is 9.79. The maximum absolute atomic E-state index is 2.00. The molecule has 3 aromatic carbocycles. The van der Waals surface area contributed by atoms with Crippen molar-refractivity contribution in [2.24, 2.45) is 0 Å². The molecule has 3 rings (SSSR count). The molecule has 0 heterocycles. The van der Waals surface area contributed by atoms with Crippen LogP contribution in [-0.4, -0.2) is 0 Å². The maximum Gasteiger partial charge on any atom is 0 e. The molecule has 0 spiro atoms. The average Bonchev–Trinajstić information content (AvgIpc) is 3.09. The van der Waals surface area contributed by atoms with Crippen molar-refractivity contribution in [3.8, 4) is 0 Å². The number of hydrogen-bond acceptors (Lipinski definition) is 0. The quantitative estimate of drug-likeness (QED) is 0.540. The summed E-state index contributed by atoms with van der Waals surface area (Å²) in [5.74, 6) is 0. The van der Waals surface area contributed by atoms with Crippen LogP contribution in [0.1, 0.15) is 0 Å². The standard InChI is InChI=1S/3C5H5.La/c3*1-2-4-5-3-1;/h3*1-5H;/q3*-1;. The largest absolute Gasteiger partial charge is 0.214 e. The van der Waals surface area contributed by atoms with Gasteiger partial charge in [0.25, 0.3) is 0 Å². The molecule has 1 radical (unpaired) electrons. The van der Waals surface area contributed by atoms with Gasteiger partial charge in [0.2, 0.25) is 0 Å². The summed E-state index contributed by atoms with van der Waals surface area (Å²) in [6.07, 6.45) is 0. The van der Waals surface area contributed by atoms with Crippen molar-refractivity contribution in [1.29, 1.82) is 0 Å². The summed E-state index contributed by atoms with van der Waals surface area (Å²) in [5.41, 5.74) is 0. The summed E-state index contributed by atoms with van der Waals surface area (Å²) in [7, 11) is 0. The van der Waals surface area contributed by atoms with Crippen molar-refractivity contribution in [1.82, 2.24) is 0 Å². The minimum atomic E-state index is 0. The molecule has 0 unspecified atom stereocenters. The van der Waals surface area contributed by atoms with Crippen molar-refractivity contribution in [2.45, 2.75) is 0 Å². The Morgan fingerprint density at radius 3 is 0.625 bits per heavy atom. The zero-order valence-corrected chi connectivity index (χ0v) is 12.9. The first-order valence-corrected chi connectivity index (χ1v) is 5.00. The molecule has 0 aliphatic rings. The minimum Gasteiger partial charge on any atom is -0.214 e. The molecule has 0 aliphatic carbocycles. The van der Waals surface area contributed by atoms with Gasteiger partial charge in [-0.2, -0.15) is 54.6 Å². The molecular weight excluding hydrogens is 319 g/mol. The first-order valence-electron chi connectivity index (χ1n) is 5.00. The second-order valence-corrected chi connectivity index (χ2v) is 2.89. The van der Waals surface area contributed by atoms with Crippen molar-refractivity contribution in [3.05, 3.63) is 91.0 Å². The molecular formula is C15H15La-3. The fourth-order valence-corrected chi connectivity index (χ4v) is 0.962. The summed E-state index contributed by atoms with van der Waals surface area (Å²) in [6, 6.07) is 30.0. The fraction of sp³-hybridized carbons (Fsp3) is 0. The first-order chi connectivity index (χ1) is 7.50. The van der Waals surface area contributed by atoms with Crippen LogP contribution in [-0.2, 0) is 0 Å². The molecule has 81 valence electrons. The van der Waals surface area contributed by atoms with Gasteiger partial charge in [-0.1, -0.05) is 0 Å². The molecule has 0 bridgehead atoms. The molecule has 0 amide bonds. The third-order valence-corrected chi connectivity index (χ3v) is 1.67. The Morgan fingerprint density at radius 1 is 0.375 bits per heavy atom. The molecule has 0 nitrogen and oxygen atoms in total. The second kappa shape index (κ2) is 12.3. The summed E-state index contributed by atoms with van der Waals surface area (Å²) in [5, 5.41) is 0. The molecule has 3 aromatic rings. The Morgan fingerprint density at radius 2 is 0.562 bits per heavy atom. The Labute approximate surface area is 126 Å². The van der Waals surface area contributed by atoms with Crippen LogP contribution in [0.15, 0.2) is 91.0 Å². The van der Waals surface area contributed by atoms with Gasteiger partial charge in [-0.15, -0.1) is 0 Å². The van der Waals surface area contributed by atoms with Gasteiger partial charge in [-0.05, 0) is 0 Å². The van der Waals surface area contributed by atoms with E-state index >= 15 is 0 Å². The Hall–Kier alpha value is -0.755. The van der Waals surface area contributed by atoms with E-state index in [9.17, 15) is 0 Å². The van der Waals surface area contributed by atoms with Gasteiger partial charge in [0.1, 0.15) is 0 Å². The predicted octanol–water partition coefficient (Wildman–Crippen LogP) is 4.22. The van der Waals surface area contributed by atoms with Crippen LogP contribution < -0.4 is 0 Å². The summed E-state index contributed by atoms with van der Waals surface area (Å²) in [4.78, 5) is 0. The van der Waals surface area contributed by atoms with E-state index in [4.69, 9.17) is 0 Å². The van der Waals surface area contributed by atoms with Crippen LogP contribution in [0.3, 0.4) is 0 Å². The van der Waals surface area contributed by atoms with E-state index in [1.807, 2.05) is 91.0 Å². The minimum absolute atomic E-state index is 0. The molecule has 0 N–H and O–H groups in total. The fourth-order valence-electron chi connectivity index (χ4n) is 0.962. The van der Waals surface area contributed by atoms with Gasteiger partial charge in [-0.3, -0.25) is 0 Å². The van der Waals surface area contributed by atoms with Crippen LogP contribution in [0.25, 0.3) is 0 Å². The van der Waals surface area contributed by atoms with Gasteiger partial charge in [0.15, 0.2) is 0 Å². The van der Waals surface area contributed by atoms with Crippen LogP contribution >= 0.6 is 0 Å². The Bertz CT molecular complexity index is 237. The predicted molar refractivity (Wildman–Crippen MR) is 66.1 cm³/mol. The van der Waals surface area contributed by atoms with Crippen LogP contribution in [0, 0.1) is 35.6 Å². The van der Waals surface area contributed by atoms with Gasteiger partial charge in [0, 0.05) is 35.6 Å². The molecule has 0 aliphatic heterocycles. The SMILES string of the molecule is [La].c1cc[cH-]c1.c1cc[cH-]c1.c1cc[cH-]c1. The molecule has 0 fully saturated rings. The normalized spacial score (nSPS) is 7.50. The van der Waals surface area contributed by atoms with Gasteiger partial charge >= 0.3 is 0 Å². The smallest absolute Gasteiger partial charge is 0 e. The molecule has 16 heavy (non-hydrogen) atoms. The van der Waals surface area contributed by atoms with Crippen LogP contribution in [0.4, 0.5) is 0 Å². The van der Waals surface area contributed by atoms with E-state index in [2.05, 4.69) is 0 Å². The van der Waals surface area contributed by atoms with Crippen LogP contribution in [0.5, 0.6) is 0 Å². The van der Waals surface area contributed by atoms with E-state index < -0.39 is 0 Å². The molecule has 1 heteroatoms. The van der Waals surface area contributed by atoms with Crippen LogP contribution in [0.2, 0.25) is 0 Å². The zero-order chi connectivity index (χ0) is 10.6. The van der Waals surface area contributed by atoms with Gasteiger partial charge in [0.05, 0.1) is 0 Å². The van der Waals surface area contributed by atoms with E-state index in [0.717, 1.165) is 0 Å². The summed E-state index contributed by atoms with van der Waals surface area (Å²) >= 11 is 0. The molecule has 0 atom stereocenters. The van der Waals surface area contributed by atoms with E-state index in [1.54, 1.807) is 0 Å². The monoisotopic (exact) mass is 334 g/mol. The van der Waals surface area contributed by atoms with Gasteiger partial charge in [-0.25, -0.2) is 36.4 Å². The Balaban J connectivity index is 0.000000205. The van der Waals surface area contributed by atoms with E-state index in [1.165, 1.54) is 0 Å². The topological polar surface area (TPSA) is 0 Å². The molecule has 0 saturated heterocycles. The molecule has 0 saturated carbocycles. The van der Waals surface area contributed by atoms with Crippen molar-refractivity contribution >= 4 is 0 Å². The maximum atomic E-state index is 2.00. The average molecular weight is 334 g/mol. The van der Waals surface area contributed by atoms with E-state index in [0.29, 0.717) is 0 Å². The zero-order valence-electron chi connectivity index (χ0n) is 9.24.